The second kappa shape index (κ2) is 5.43. The third-order valence-electron chi connectivity index (χ3n) is 2.64. The van der Waals surface area contributed by atoms with Crippen LogP contribution < -0.4 is 5.32 Å². The van der Waals surface area contributed by atoms with Crippen LogP contribution in [-0.2, 0) is 4.74 Å². The summed E-state index contributed by atoms with van der Waals surface area (Å²) in [6.45, 7) is 0. The SMILES string of the molecule is COC(=O)c1nccc(NC2CC=CCC2)n1. The van der Waals surface area contributed by atoms with Crippen molar-refractivity contribution in [1.29, 1.82) is 0 Å². The van der Waals surface area contributed by atoms with Crippen molar-refractivity contribution in [3.8, 4) is 0 Å². The van der Waals surface area contributed by atoms with E-state index in [2.05, 4.69) is 32.2 Å². The Bertz CT molecular complexity index is 432. The number of nitrogens with zero attached hydrogens (tertiary/aromatic N) is 2. The van der Waals surface area contributed by atoms with E-state index in [1.165, 1.54) is 7.11 Å². The van der Waals surface area contributed by atoms with Crippen LogP contribution in [0, 0.1) is 0 Å². The van der Waals surface area contributed by atoms with Gasteiger partial charge in [0.1, 0.15) is 5.82 Å². The number of carbonyl (C=O) groups is 1. The number of allylic oxidation sites excluding steroid dienone is 1. The summed E-state index contributed by atoms with van der Waals surface area (Å²) < 4.78 is 4.58. The van der Waals surface area contributed by atoms with Gasteiger partial charge in [-0.15, -0.1) is 0 Å². The normalized spacial score (nSPS) is 18.8. The molecule has 1 heterocycles. The topological polar surface area (TPSA) is 64.1 Å². The number of nitrogens with one attached hydrogen (secondary N) is 1. The highest BCUT2D eigenvalue weighted by molar-refractivity contribution is 5.85. The molecule has 1 N–H and O–H groups in total. The van der Waals surface area contributed by atoms with Gasteiger partial charge in [0.05, 0.1) is 7.11 Å². The number of carbonyl (C=O) groups excluding carboxylic acids is 1. The molecule has 1 aromatic heterocycles. The van der Waals surface area contributed by atoms with E-state index in [9.17, 15) is 4.79 Å². The van der Waals surface area contributed by atoms with E-state index in [1.807, 2.05) is 0 Å². The van der Waals surface area contributed by atoms with Gasteiger partial charge in [-0.3, -0.25) is 0 Å². The van der Waals surface area contributed by atoms with Gasteiger partial charge < -0.3 is 10.1 Å². The van der Waals surface area contributed by atoms with Crippen LogP contribution in [0.5, 0.6) is 0 Å². The van der Waals surface area contributed by atoms with Gasteiger partial charge >= 0.3 is 5.97 Å². The van der Waals surface area contributed by atoms with Crippen LogP contribution in [0.2, 0.25) is 0 Å². The summed E-state index contributed by atoms with van der Waals surface area (Å²) in [5.41, 5.74) is 0. The van der Waals surface area contributed by atoms with Crippen LogP contribution in [0.3, 0.4) is 0 Å². The van der Waals surface area contributed by atoms with Crippen LogP contribution in [-0.4, -0.2) is 29.1 Å². The summed E-state index contributed by atoms with van der Waals surface area (Å²) in [6, 6.07) is 2.13. The molecule has 17 heavy (non-hydrogen) atoms. The van der Waals surface area contributed by atoms with Crippen LogP contribution in [0.25, 0.3) is 0 Å². The van der Waals surface area contributed by atoms with Gasteiger partial charge in [-0.25, -0.2) is 14.8 Å². The highest BCUT2D eigenvalue weighted by atomic mass is 16.5. The third kappa shape index (κ3) is 3.03. The fourth-order valence-corrected chi connectivity index (χ4v) is 1.76. The van der Waals surface area contributed by atoms with Gasteiger partial charge in [-0.05, 0) is 25.3 Å². The lowest BCUT2D eigenvalue weighted by molar-refractivity contribution is 0.0587. The molecule has 0 amide bonds. The molecule has 0 bridgehead atoms. The van der Waals surface area contributed by atoms with Gasteiger partial charge in [0, 0.05) is 12.2 Å². The van der Waals surface area contributed by atoms with Gasteiger partial charge in [0.15, 0.2) is 0 Å². The number of esters is 1. The van der Waals surface area contributed by atoms with E-state index < -0.39 is 5.97 Å². The number of rotatable bonds is 3. The first-order valence-corrected chi connectivity index (χ1v) is 5.62. The van der Waals surface area contributed by atoms with Crippen molar-refractivity contribution in [2.75, 3.05) is 12.4 Å². The molecule has 1 atom stereocenters. The predicted octanol–water partition coefficient (Wildman–Crippen LogP) is 1.78. The smallest absolute Gasteiger partial charge is 0.376 e. The number of hydrogen-bond donors (Lipinski definition) is 1. The lowest BCUT2D eigenvalue weighted by Gasteiger charge is -2.19. The maximum absolute atomic E-state index is 11.3. The fraction of sp³-hybridized carbons (Fsp3) is 0.417. The Morgan fingerprint density at radius 2 is 2.41 bits per heavy atom. The van der Waals surface area contributed by atoms with Crippen molar-refractivity contribution in [3.63, 3.8) is 0 Å². The fourth-order valence-electron chi connectivity index (χ4n) is 1.76. The Morgan fingerprint density at radius 1 is 1.53 bits per heavy atom. The molecule has 0 fully saturated rings. The Kier molecular flexibility index (Phi) is 3.69. The molecule has 1 unspecified atom stereocenters. The Labute approximate surface area is 99.9 Å². The van der Waals surface area contributed by atoms with E-state index in [-0.39, 0.29) is 5.82 Å². The minimum Gasteiger partial charge on any atom is -0.463 e. The molecule has 0 spiro atoms. The van der Waals surface area contributed by atoms with Gasteiger partial charge in [0.25, 0.3) is 0 Å². The molecule has 1 aliphatic rings. The van der Waals surface area contributed by atoms with E-state index in [1.54, 1.807) is 12.3 Å². The van der Waals surface area contributed by atoms with Gasteiger partial charge in [-0.2, -0.15) is 0 Å². The second-order valence-corrected chi connectivity index (χ2v) is 3.88. The number of ether oxygens (including phenoxy) is 1. The lowest BCUT2D eigenvalue weighted by atomic mass is 10.0. The molecule has 1 aliphatic carbocycles. The van der Waals surface area contributed by atoms with E-state index in [0.29, 0.717) is 11.9 Å². The standard InChI is InChI=1S/C12H15N3O2/c1-17-12(16)11-13-8-7-10(15-11)14-9-5-3-2-4-6-9/h2-3,7-9H,4-6H2,1H3,(H,13,14,15). The van der Waals surface area contributed by atoms with Crippen LogP contribution in [0.4, 0.5) is 5.82 Å². The number of hydrogen-bond acceptors (Lipinski definition) is 5. The zero-order chi connectivity index (χ0) is 12.1. The quantitative estimate of drug-likeness (QED) is 0.637. The summed E-state index contributed by atoms with van der Waals surface area (Å²) in [7, 11) is 1.32. The third-order valence-corrected chi connectivity index (χ3v) is 2.64. The van der Waals surface area contributed by atoms with Crippen molar-refractivity contribution in [2.45, 2.75) is 25.3 Å². The molecule has 90 valence electrons. The number of aromatic nitrogens is 2. The highest BCUT2D eigenvalue weighted by Gasteiger charge is 2.13. The molecule has 0 saturated carbocycles. The number of anilines is 1. The van der Waals surface area contributed by atoms with Crippen LogP contribution >= 0.6 is 0 Å². The Balaban J connectivity index is 2.05. The summed E-state index contributed by atoms with van der Waals surface area (Å²) >= 11 is 0. The summed E-state index contributed by atoms with van der Waals surface area (Å²) in [6.07, 6.45) is 9.03. The molecule has 0 saturated heterocycles. The second-order valence-electron chi connectivity index (χ2n) is 3.88. The average molecular weight is 233 g/mol. The first kappa shape index (κ1) is 11.6. The predicted molar refractivity (Wildman–Crippen MR) is 63.8 cm³/mol. The van der Waals surface area contributed by atoms with E-state index >= 15 is 0 Å². The first-order chi connectivity index (χ1) is 8.29. The van der Waals surface area contributed by atoms with Gasteiger partial charge in [-0.1, -0.05) is 12.2 Å². The molecular weight excluding hydrogens is 218 g/mol. The zero-order valence-corrected chi connectivity index (χ0v) is 9.72. The molecule has 1 aromatic rings. The molecule has 2 rings (SSSR count). The van der Waals surface area contributed by atoms with Crippen molar-refractivity contribution in [2.24, 2.45) is 0 Å². The molecule has 0 aromatic carbocycles. The Morgan fingerprint density at radius 3 is 3.12 bits per heavy atom. The molecule has 5 heteroatoms. The van der Waals surface area contributed by atoms with Crippen molar-refractivity contribution in [1.82, 2.24) is 9.97 Å². The maximum atomic E-state index is 11.3. The van der Waals surface area contributed by atoms with E-state index in [4.69, 9.17) is 0 Å². The minimum atomic E-state index is -0.516. The van der Waals surface area contributed by atoms with Crippen LogP contribution in [0.15, 0.2) is 24.4 Å². The maximum Gasteiger partial charge on any atom is 0.376 e. The Hall–Kier alpha value is -1.91. The summed E-state index contributed by atoms with van der Waals surface area (Å²) in [5, 5.41) is 3.29. The van der Waals surface area contributed by atoms with E-state index in [0.717, 1.165) is 19.3 Å². The zero-order valence-electron chi connectivity index (χ0n) is 9.72. The largest absolute Gasteiger partial charge is 0.463 e. The van der Waals surface area contributed by atoms with Crippen LogP contribution in [0.1, 0.15) is 29.9 Å². The molecule has 0 radical (unpaired) electrons. The van der Waals surface area contributed by atoms with Crippen molar-refractivity contribution < 1.29 is 9.53 Å². The molecule has 0 aliphatic heterocycles. The monoisotopic (exact) mass is 233 g/mol. The minimum absolute atomic E-state index is 0.0869. The van der Waals surface area contributed by atoms with Crippen molar-refractivity contribution in [3.05, 3.63) is 30.2 Å². The number of methoxy groups -OCH3 is 1. The summed E-state index contributed by atoms with van der Waals surface area (Å²) in [5.74, 6) is 0.238. The highest BCUT2D eigenvalue weighted by Crippen LogP contribution is 2.15. The molecular formula is C12H15N3O2. The van der Waals surface area contributed by atoms with Crippen molar-refractivity contribution >= 4 is 11.8 Å². The lowest BCUT2D eigenvalue weighted by Crippen LogP contribution is -2.21. The first-order valence-electron chi connectivity index (χ1n) is 5.62. The molecule has 5 nitrogen and oxygen atoms in total. The average Bonchev–Trinajstić information content (AvgIpc) is 2.39. The van der Waals surface area contributed by atoms with Gasteiger partial charge in [0.2, 0.25) is 5.82 Å². The summed E-state index contributed by atoms with van der Waals surface area (Å²) in [4.78, 5) is 19.3.